The fraction of sp³-hybridized carbons (Fsp3) is 0.400. The van der Waals surface area contributed by atoms with E-state index in [9.17, 15) is 0 Å². The molecule has 1 N–H and O–H groups in total. The van der Waals surface area contributed by atoms with Gasteiger partial charge in [-0.3, -0.25) is 0 Å². The molecule has 3 heteroatoms. The molecule has 0 fully saturated rings. The van der Waals surface area contributed by atoms with E-state index in [1.807, 2.05) is 0 Å². The Morgan fingerprint density at radius 3 is 1.38 bits per heavy atom. The molecule has 0 unspecified atom stereocenters. The third kappa shape index (κ3) is 78.9. The monoisotopic (exact) mass is 155 g/mol. The van der Waals surface area contributed by atoms with Crippen molar-refractivity contribution in [2.24, 2.45) is 0 Å². The molecule has 0 amide bonds. The zero-order chi connectivity index (χ0) is 3.41. The van der Waals surface area contributed by atoms with Crippen LogP contribution in [0.5, 0.6) is 0 Å². The van der Waals surface area contributed by atoms with Gasteiger partial charge in [0.1, 0.15) is 6.79 Å². The van der Waals surface area contributed by atoms with Gasteiger partial charge in [0.15, 0.2) is 0 Å². The summed E-state index contributed by atoms with van der Waals surface area (Å²) in [6, 6.07) is 0. The molecule has 0 saturated carbocycles. The molecule has 2 nitrogen and oxygen atoms in total. The molecule has 0 aliphatic heterocycles. The van der Waals surface area contributed by atoms with Gasteiger partial charge in [0.05, 0.1) is 0 Å². The van der Waals surface area contributed by atoms with Crippen LogP contribution in [0.15, 0.2) is 0 Å². The van der Waals surface area contributed by atoms with E-state index < -0.39 is 0 Å². The van der Waals surface area contributed by atoms with Crippen molar-refractivity contribution < 1.29 is 31.6 Å². The molecule has 0 aromatic heterocycles. The van der Waals surface area contributed by atoms with Crippen molar-refractivity contribution in [3.63, 3.8) is 0 Å². The second kappa shape index (κ2) is 48.4. The average molecular weight is 155 g/mol. The normalized spacial score (nSPS) is 3.75. The average Bonchev–Trinajstić information content (AvgIpc) is 1.37. The number of hydrogen-bond donors (Lipinski definition) is 1. The zero-order valence-electron chi connectivity index (χ0n) is 6.06. The molecule has 51 valence electrons. The Labute approximate surface area is 68.1 Å². The minimum atomic E-state index is -0.181. The predicted octanol–water partition coefficient (Wildman–Crippen LogP) is 0.931. The molecule has 0 heterocycles. The van der Waals surface area contributed by atoms with Crippen LogP contribution in [0.25, 0.3) is 0 Å². The summed E-state index contributed by atoms with van der Waals surface area (Å²) in [7, 11) is 1.43. The van der Waals surface area contributed by atoms with Crippen LogP contribution in [-0.4, -0.2) is 19.0 Å². The Balaban J connectivity index is -0.00000000750. The summed E-state index contributed by atoms with van der Waals surface area (Å²) in [6.07, 6.45) is 0. The first-order valence-electron chi connectivity index (χ1n) is 1.01. The molecule has 0 rings (SSSR count). The van der Waals surface area contributed by atoms with E-state index in [2.05, 4.69) is 4.74 Å². The summed E-state index contributed by atoms with van der Waals surface area (Å²) in [5.74, 6) is 0. The Morgan fingerprint density at radius 2 is 1.38 bits per heavy atom. The maximum absolute atomic E-state index is 7.65. The summed E-state index contributed by atoms with van der Waals surface area (Å²) in [5, 5.41) is 7.65. The molecule has 0 atom stereocenters. The van der Waals surface area contributed by atoms with E-state index in [4.69, 9.17) is 5.11 Å². The predicted molar refractivity (Wildman–Crippen MR) is 33.3 cm³/mol. The first-order valence-corrected chi connectivity index (χ1v) is 1.01. The molecule has 0 aromatic carbocycles. The standard InChI is InChI=1S/C2H6O2.3CH3.Ti/c1-4-2-3;;;;/h3H,2H2,1H3;3*1H3;/q;3*-1;+3. The fourth-order valence-corrected chi connectivity index (χ4v) is 0. The minimum Gasteiger partial charge on any atom is -0.371 e. The van der Waals surface area contributed by atoms with Crippen molar-refractivity contribution in [2.75, 3.05) is 13.9 Å². The smallest absolute Gasteiger partial charge is 0.371 e. The summed E-state index contributed by atoms with van der Waals surface area (Å²) in [5.41, 5.74) is 0. The van der Waals surface area contributed by atoms with Gasteiger partial charge >= 0.3 is 21.7 Å². The summed E-state index contributed by atoms with van der Waals surface area (Å²) in [4.78, 5) is 0. The largest absolute Gasteiger partial charge is 3.00 e. The van der Waals surface area contributed by atoms with Crippen molar-refractivity contribution in [3.05, 3.63) is 22.3 Å². The van der Waals surface area contributed by atoms with Crippen LogP contribution in [-0.2, 0) is 26.5 Å². The second-order valence-electron chi connectivity index (χ2n) is 0.418. The molecule has 1 radical (unpaired) electrons. The van der Waals surface area contributed by atoms with Gasteiger partial charge in [-0.25, -0.2) is 0 Å². The van der Waals surface area contributed by atoms with Crippen LogP contribution in [0, 0.1) is 22.3 Å². The number of aliphatic hydroxyl groups is 1. The van der Waals surface area contributed by atoms with Crippen LogP contribution in [0.1, 0.15) is 0 Å². The van der Waals surface area contributed by atoms with Gasteiger partial charge < -0.3 is 32.1 Å². The molecule has 0 saturated heterocycles. The van der Waals surface area contributed by atoms with Gasteiger partial charge in [0.2, 0.25) is 0 Å². The van der Waals surface area contributed by atoms with Gasteiger partial charge in [0, 0.05) is 7.11 Å². The maximum atomic E-state index is 7.65. The van der Waals surface area contributed by atoms with Crippen molar-refractivity contribution >= 4 is 0 Å². The van der Waals surface area contributed by atoms with Gasteiger partial charge in [0.25, 0.3) is 0 Å². The molecule has 8 heavy (non-hydrogen) atoms. The van der Waals surface area contributed by atoms with Crippen molar-refractivity contribution in [2.45, 2.75) is 0 Å². The van der Waals surface area contributed by atoms with Crippen LogP contribution >= 0.6 is 0 Å². The molecular weight excluding hydrogens is 140 g/mol. The van der Waals surface area contributed by atoms with Crippen LogP contribution < -0.4 is 0 Å². The van der Waals surface area contributed by atoms with Crippen LogP contribution in [0.2, 0.25) is 0 Å². The van der Waals surface area contributed by atoms with E-state index in [0.717, 1.165) is 0 Å². The molecule has 0 aromatic rings. The number of methoxy groups -OCH3 is 1. The van der Waals surface area contributed by atoms with E-state index in [1.54, 1.807) is 0 Å². The number of aliphatic hydroxyl groups excluding tert-OH is 1. The Kier molecular flexibility index (Phi) is 231. The Hall–Kier alpha value is 0.634. The van der Waals surface area contributed by atoms with E-state index in [-0.39, 0.29) is 50.8 Å². The van der Waals surface area contributed by atoms with Gasteiger partial charge in [-0.15, -0.1) is 0 Å². The molecule has 0 bridgehead atoms. The Bertz CT molecular complexity index is 12.4. The van der Waals surface area contributed by atoms with E-state index >= 15 is 0 Å². The first kappa shape index (κ1) is 38.1. The quantitative estimate of drug-likeness (QED) is 0.346. The minimum absolute atomic E-state index is 0. The number of rotatable bonds is 1. The summed E-state index contributed by atoms with van der Waals surface area (Å²) >= 11 is 0. The molecule has 0 spiro atoms. The van der Waals surface area contributed by atoms with Gasteiger partial charge in [-0.2, -0.15) is 0 Å². The maximum Gasteiger partial charge on any atom is 3.00 e. The van der Waals surface area contributed by atoms with E-state index in [1.165, 1.54) is 7.11 Å². The molecule has 0 aliphatic carbocycles. The fourth-order valence-electron chi connectivity index (χ4n) is 0. The Morgan fingerprint density at radius 1 is 1.25 bits per heavy atom. The van der Waals surface area contributed by atoms with Gasteiger partial charge in [-0.05, 0) is 0 Å². The third-order valence-electron chi connectivity index (χ3n) is 0.129. The van der Waals surface area contributed by atoms with Crippen molar-refractivity contribution in [3.8, 4) is 0 Å². The van der Waals surface area contributed by atoms with Crippen molar-refractivity contribution in [1.29, 1.82) is 0 Å². The first-order chi connectivity index (χ1) is 1.91. The van der Waals surface area contributed by atoms with Gasteiger partial charge in [-0.1, -0.05) is 0 Å². The van der Waals surface area contributed by atoms with Crippen LogP contribution in [0.4, 0.5) is 0 Å². The summed E-state index contributed by atoms with van der Waals surface area (Å²) < 4.78 is 4.10. The third-order valence-corrected chi connectivity index (χ3v) is 0.129. The second-order valence-corrected chi connectivity index (χ2v) is 0.418. The van der Waals surface area contributed by atoms with Crippen molar-refractivity contribution in [1.82, 2.24) is 0 Å². The topological polar surface area (TPSA) is 29.5 Å². The summed E-state index contributed by atoms with van der Waals surface area (Å²) in [6.45, 7) is -0.181. The zero-order valence-corrected chi connectivity index (χ0v) is 7.62. The van der Waals surface area contributed by atoms with E-state index in [0.29, 0.717) is 0 Å². The SMILES string of the molecule is COCO.[CH3-].[CH3-].[CH3-].[Ti+3]. The van der Waals surface area contributed by atoms with Crippen LogP contribution in [0.3, 0.4) is 0 Å². The molecule has 0 aliphatic rings. The molecular formula is C5H15O2Ti. The number of ether oxygens (including phenoxy) is 1. The number of hydrogen-bond acceptors (Lipinski definition) is 2.